The van der Waals surface area contributed by atoms with Crippen molar-refractivity contribution in [3.05, 3.63) is 71.3 Å². The lowest BCUT2D eigenvalue weighted by atomic mass is 10.1. The minimum Gasteiger partial charge on any atom is -0.460 e. The Labute approximate surface area is 156 Å². The molecule has 27 heavy (non-hydrogen) atoms. The molecule has 0 amide bonds. The lowest BCUT2D eigenvalue weighted by Crippen LogP contribution is -2.16. The second-order valence-electron chi connectivity index (χ2n) is 5.79. The maximum atomic E-state index is 12.8. The molecule has 0 bridgehead atoms. The molecule has 0 radical (unpaired) electrons. The highest BCUT2D eigenvalue weighted by Crippen LogP contribution is 2.38. The standard InChI is InChI=1S/C18H15NO7S/c19-18-17(26-27(21,22)9-11-4-2-1-3-5-11)15(20)16(25-18)12-6-7-13-14(8-12)24-10-23-13/h1-8,16H,9-10,19H2/t16-/m1/s1/i16D. The van der Waals surface area contributed by atoms with E-state index in [0.717, 1.165) is 0 Å². The Bertz CT molecular complexity index is 1080. The van der Waals surface area contributed by atoms with Crippen LogP contribution < -0.4 is 15.2 Å². The van der Waals surface area contributed by atoms with Crippen LogP contribution in [-0.4, -0.2) is 21.0 Å². The highest BCUT2D eigenvalue weighted by molar-refractivity contribution is 7.86. The van der Waals surface area contributed by atoms with Crippen LogP contribution >= 0.6 is 0 Å². The summed E-state index contributed by atoms with van der Waals surface area (Å²) in [7, 11) is -4.19. The first-order chi connectivity index (χ1) is 13.3. The largest absolute Gasteiger partial charge is 0.460 e. The van der Waals surface area contributed by atoms with Crippen molar-refractivity contribution in [2.45, 2.75) is 11.8 Å². The van der Waals surface area contributed by atoms with Gasteiger partial charge in [0.15, 0.2) is 17.6 Å². The molecule has 0 spiro atoms. The van der Waals surface area contributed by atoms with E-state index in [1.54, 1.807) is 30.3 Å². The molecule has 2 aromatic carbocycles. The molecule has 0 fully saturated rings. The number of ether oxygens (including phenoxy) is 3. The zero-order valence-electron chi connectivity index (χ0n) is 14.9. The van der Waals surface area contributed by atoms with E-state index < -0.39 is 39.4 Å². The molecule has 2 aromatic rings. The van der Waals surface area contributed by atoms with Gasteiger partial charge < -0.3 is 24.1 Å². The number of ketones is 1. The molecule has 2 heterocycles. The number of carbonyl (C=O) groups excluding carboxylic acids is 1. The van der Waals surface area contributed by atoms with Crippen LogP contribution in [-0.2, 0) is 29.6 Å². The van der Waals surface area contributed by atoms with Gasteiger partial charge in [-0.15, -0.1) is 0 Å². The molecule has 8 nitrogen and oxygen atoms in total. The first-order valence-electron chi connectivity index (χ1n) is 8.38. The van der Waals surface area contributed by atoms with Crippen LogP contribution in [0.1, 0.15) is 18.6 Å². The molecular weight excluding hydrogens is 374 g/mol. The molecule has 1 atom stereocenters. The molecule has 0 unspecified atom stereocenters. The maximum absolute atomic E-state index is 12.8. The van der Waals surface area contributed by atoms with Crippen LogP contribution in [0.5, 0.6) is 11.5 Å². The van der Waals surface area contributed by atoms with E-state index >= 15 is 0 Å². The Morgan fingerprint density at radius 2 is 1.89 bits per heavy atom. The predicted octanol–water partition coefficient (Wildman–Crippen LogP) is 1.73. The normalized spacial score (nSPS) is 21.8. The Kier molecular flexibility index (Phi) is 3.86. The first kappa shape index (κ1) is 16.0. The van der Waals surface area contributed by atoms with Gasteiger partial charge in [-0.2, -0.15) is 8.42 Å². The Morgan fingerprint density at radius 3 is 2.67 bits per heavy atom. The van der Waals surface area contributed by atoms with Crippen molar-refractivity contribution in [2.75, 3.05) is 6.79 Å². The van der Waals surface area contributed by atoms with E-state index in [1.165, 1.54) is 18.2 Å². The van der Waals surface area contributed by atoms with E-state index in [2.05, 4.69) is 0 Å². The summed E-state index contributed by atoms with van der Waals surface area (Å²) in [5, 5.41) is 0. The molecule has 0 saturated heterocycles. The van der Waals surface area contributed by atoms with Crippen molar-refractivity contribution in [3.8, 4) is 11.5 Å². The van der Waals surface area contributed by atoms with Crippen molar-refractivity contribution < 1.29 is 33.0 Å². The summed E-state index contributed by atoms with van der Waals surface area (Å²) in [6, 6.07) is 12.7. The van der Waals surface area contributed by atoms with Crippen LogP contribution in [0.3, 0.4) is 0 Å². The second kappa shape index (κ2) is 6.51. The minimum absolute atomic E-state index is 0.0189. The Morgan fingerprint density at radius 1 is 1.15 bits per heavy atom. The molecular formula is C18H15NO7S. The fourth-order valence-corrected chi connectivity index (χ4v) is 3.73. The second-order valence-corrected chi connectivity index (χ2v) is 7.36. The fourth-order valence-electron chi connectivity index (χ4n) is 2.66. The average molecular weight is 390 g/mol. The van der Waals surface area contributed by atoms with E-state index in [9.17, 15) is 13.2 Å². The van der Waals surface area contributed by atoms with Crippen molar-refractivity contribution >= 4 is 15.9 Å². The monoisotopic (exact) mass is 390 g/mol. The zero-order chi connectivity index (χ0) is 19.9. The molecule has 0 saturated carbocycles. The van der Waals surface area contributed by atoms with Crippen LogP contribution in [0.2, 0.25) is 0 Å². The van der Waals surface area contributed by atoms with Gasteiger partial charge in [0.1, 0.15) is 5.75 Å². The first-order valence-corrected chi connectivity index (χ1v) is 9.46. The molecule has 0 aromatic heterocycles. The van der Waals surface area contributed by atoms with E-state index in [4.69, 9.17) is 25.5 Å². The summed E-state index contributed by atoms with van der Waals surface area (Å²) in [5.74, 6) is -1.99. The number of benzene rings is 2. The van der Waals surface area contributed by atoms with Crippen molar-refractivity contribution in [1.82, 2.24) is 0 Å². The number of fused-ring (bicyclic) bond motifs is 1. The smallest absolute Gasteiger partial charge is 0.313 e. The number of hydrogen-bond acceptors (Lipinski definition) is 8. The fraction of sp³-hybridized carbons (Fsp3) is 0.167. The zero-order valence-corrected chi connectivity index (χ0v) is 14.7. The lowest BCUT2D eigenvalue weighted by molar-refractivity contribution is -0.123. The summed E-state index contributed by atoms with van der Waals surface area (Å²) in [6.07, 6.45) is -2.29. The summed E-state index contributed by atoms with van der Waals surface area (Å²) >= 11 is 0. The number of rotatable bonds is 5. The summed E-state index contributed by atoms with van der Waals surface area (Å²) in [6.45, 7) is 0.0189. The van der Waals surface area contributed by atoms with Gasteiger partial charge in [-0.05, 0) is 17.7 Å². The summed E-state index contributed by atoms with van der Waals surface area (Å²) in [5.41, 5.74) is 6.24. The van der Waals surface area contributed by atoms with E-state index in [-0.39, 0.29) is 12.4 Å². The van der Waals surface area contributed by atoms with Gasteiger partial charge in [-0.25, -0.2) is 0 Å². The number of hydrogen-bond donors (Lipinski definition) is 1. The highest BCUT2D eigenvalue weighted by atomic mass is 32.2. The number of carbonyl (C=O) groups is 1. The Hall–Kier alpha value is -3.20. The molecule has 9 heteroatoms. The third-order valence-corrected chi connectivity index (χ3v) is 4.99. The number of nitrogens with two attached hydrogens (primary N) is 1. The molecule has 4 rings (SSSR count). The highest BCUT2D eigenvalue weighted by Gasteiger charge is 2.40. The quantitative estimate of drug-likeness (QED) is 0.768. The van der Waals surface area contributed by atoms with Crippen molar-refractivity contribution in [2.24, 2.45) is 5.73 Å². The molecule has 140 valence electrons. The van der Waals surface area contributed by atoms with Gasteiger partial charge in [0.25, 0.3) is 0 Å². The van der Waals surface area contributed by atoms with Gasteiger partial charge in [-0.3, -0.25) is 4.79 Å². The summed E-state index contributed by atoms with van der Waals surface area (Å²) in [4.78, 5) is 12.8. The third kappa shape index (κ3) is 3.41. The van der Waals surface area contributed by atoms with Gasteiger partial charge in [-0.1, -0.05) is 36.4 Å². The van der Waals surface area contributed by atoms with Crippen LogP contribution in [0.4, 0.5) is 0 Å². The van der Waals surface area contributed by atoms with Gasteiger partial charge in [0, 0.05) is 5.56 Å². The SMILES string of the molecule is [2H][C@]1(c2ccc3c(c2)OCO3)OC(N)=C(OS(=O)(=O)Cc2ccccc2)C1=O. The summed E-state index contributed by atoms with van der Waals surface area (Å²) < 4.78 is 53.6. The lowest BCUT2D eigenvalue weighted by Gasteiger charge is -2.10. The van der Waals surface area contributed by atoms with Crippen molar-refractivity contribution in [3.63, 3.8) is 0 Å². The van der Waals surface area contributed by atoms with Gasteiger partial charge in [0.05, 0.1) is 1.37 Å². The molecule has 2 N–H and O–H groups in total. The maximum Gasteiger partial charge on any atom is 0.313 e. The molecule has 2 aliphatic rings. The van der Waals surface area contributed by atoms with Crippen LogP contribution in [0, 0.1) is 0 Å². The molecule has 2 aliphatic heterocycles. The van der Waals surface area contributed by atoms with Gasteiger partial charge in [0.2, 0.25) is 24.2 Å². The predicted molar refractivity (Wildman–Crippen MR) is 92.8 cm³/mol. The van der Waals surface area contributed by atoms with Crippen LogP contribution in [0.25, 0.3) is 0 Å². The van der Waals surface area contributed by atoms with Crippen molar-refractivity contribution in [1.29, 1.82) is 0 Å². The van der Waals surface area contributed by atoms with E-state index in [0.29, 0.717) is 17.1 Å². The van der Waals surface area contributed by atoms with Crippen LogP contribution in [0.15, 0.2) is 60.2 Å². The average Bonchev–Trinajstić information content (AvgIpc) is 3.20. The minimum atomic E-state index is -4.19. The third-order valence-electron chi connectivity index (χ3n) is 3.88. The molecule has 0 aliphatic carbocycles. The van der Waals surface area contributed by atoms with Gasteiger partial charge >= 0.3 is 10.1 Å². The topological polar surface area (TPSA) is 114 Å². The van der Waals surface area contributed by atoms with E-state index in [1.807, 2.05) is 0 Å². The Balaban J connectivity index is 1.58. The number of Topliss-reactive ketones (excluding diaryl/α,β-unsaturated/α-hetero) is 1.